The van der Waals surface area contributed by atoms with Crippen LogP contribution in [-0.4, -0.2) is 57.4 Å². The molecule has 2 aliphatic carbocycles. The lowest BCUT2D eigenvalue weighted by Crippen LogP contribution is -2.72. The molecule has 2 heterocycles. The minimum Gasteiger partial charge on any atom is -0.493 e. The van der Waals surface area contributed by atoms with Gasteiger partial charge in [-0.1, -0.05) is 6.42 Å². The fraction of sp³-hybridized carbons (Fsp3) is 0.682. The van der Waals surface area contributed by atoms with Gasteiger partial charge in [0.25, 0.3) is 0 Å². The Morgan fingerprint density at radius 1 is 1.21 bits per heavy atom. The Morgan fingerprint density at radius 3 is 2.61 bits per heavy atom. The van der Waals surface area contributed by atoms with E-state index >= 15 is 0 Å². The van der Waals surface area contributed by atoms with Crippen molar-refractivity contribution in [3.63, 3.8) is 0 Å². The van der Waals surface area contributed by atoms with Gasteiger partial charge in [0.05, 0.1) is 20.3 Å². The molecule has 3 fully saturated rings. The number of benzene rings is 1. The number of hydrogen-bond acceptors (Lipinski definition) is 4. The molecule has 4 aliphatic rings. The number of ether oxygens (including phenoxy) is 3. The van der Waals surface area contributed by atoms with Crippen LogP contribution < -0.4 is 14.8 Å². The first-order valence-corrected chi connectivity index (χ1v) is 10.5. The van der Waals surface area contributed by atoms with Crippen molar-refractivity contribution in [1.82, 2.24) is 10.2 Å². The minimum absolute atomic E-state index is 0.362. The first kappa shape index (κ1) is 18.1. The third-order valence-electron chi connectivity index (χ3n) is 7.55. The average molecular weight is 386 g/mol. The van der Waals surface area contributed by atoms with E-state index in [4.69, 9.17) is 14.2 Å². The summed E-state index contributed by atoms with van der Waals surface area (Å²) in [5, 5.41) is 3.86. The van der Waals surface area contributed by atoms with Crippen molar-refractivity contribution in [2.24, 2.45) is 16.3 Å². The van der Waals surface area contributed by atoms with Crippen molar-refractivity contribution in [1.29, 1.82) is 0 Å². The molecular weight excluding hydrogens is 354 g/mol. The molecule has 1 saturated heterocycles. The lowest BCUT2D eigenvalue weighted by Gasteiger charge is -2.63. The van der Waals surface area contributed by atoms with E-state index in [9.17, 15) is 0 Å². The Bertz CT molecular complexity index is 789. The standard InChI is InChI=1S/C22H31N3O3/c1-23-21(24-19-16-6-10-28-20(16)22(19)7-4-8-22)25-9-5-14-11-17(26-2)18(27-3)12-15(14)13-25/h11-12,16,19-20H,4-10,13H2,1-3H3,(H,23,24). The molecule has 0 amide bonds. The van der Waals surface area contributed by atoms with E-state index in [0.29, 0.717) is 23.5 Å². The van der Waals surface area contributed by atoms with Crippen LogP contribution in [0.5, 0.6) is 11.5 Å². The van der Waals surface area contributed by atoms with E-state index in [1.165, 1.54) is 36.8 Å². The summed E-state index contributed by atoms with van der Waals surface area (Å²) < 4.78 is 17.1. The summed E-state index contributed by atoms with van der Waals surface area (Å²) in [6, 6.07) is 4.75. The van der Waals surface area contributed by atoms with Gasteiger partial charge in [-0.3, -0.25) is 4.99 Å². The number of aliphatic imine (C=N–C) groups is 1. The Hall–Kier alpha value is -1.95. The summed E-state index contributed by atoms with van der Waals surface area (Å²) in [4.78, 5) is 7.03. The Labute approximate surface area is 167 Å². The number of fused-ring (bicyclic) bond motifs is 3. The van der Waals surface area contributed by atoms with Crippen molar-refractivity contribution in [2.75, 3.05) is 34.4 Å². The molecule has 1 aromatic rings. The smallest absolute Gasteiger partial charge is 0.194 e. The topological polar surface area (TPSA) is 55.3 Å². The molecule has 2 saturated carbocycles. The van der Waals surface area contributed by atoms with Crippen LogP contribution in [0.3, 0.4) is 0 Å². The van der Waals surface area contributed by atoms with Crippen LogP contribution in [-0.2, 0) is 17.7 Å². The first-order valence-electron chi connectivity index (χ1n) is 10.5. The van der Waals surface area contributed by atoms with Crippen molar-refractivity contribution in [2.45, 2.75) is 50.8 Å². The number of methoxy groups -OCH3 is 2. The highest BCUT2D eigenvalue weighted by Gasteiger charge is 2.66. The van der Waals surface area contributed by atoms with Crippen LogP contribution in [0.25, 0.3) is 0 Å². The van der Waals surface area contributed by atoms with E-state index in [1.54, 1.807) is 14.2 Å². The molecule has 152 valence electrons. The largest absolute Gasteiger partial charge is 0.493 e. The highest BCUT2D eigenvalue weighted by molar-refractivity contribution is 5.81. The molecule has 3 atom stereocenters. The Kier molecular flexibility index (Phi) is 4.42. The van der Waals surface area contributed by atoms with Gasteiger partial charge < -0.3 is 24.4 Å². The SMILES string of the molecule is CN=C(NC1C2CCOC2C12CCC2)N1CCc2cc(OC)c(OC)cc2C1. The van der Waals surface area contributed by atoms with Gasteiger partial charge in [0.1, 0.15) is 0 Å². The van der Waals surface area contributed by atoms with Gasteiger partial charge in [-0.2, -0.15) is 0 Å². The van der Waals surface area contributed by atoms with Crippen LogP contribution in [0.4, 0.5) is 0 Å². The molecular formula is C22H31N3O3. The van der Waals surface area contributed by atoms with Gasteiger partial charge >= 0.3 is 0 Å². The van der Waals surface area contributed by atoms with Crippen molar-refractivity contribution < 1.29 is 14.2 Å². The molecule has 3 unspecified atom stereocenters. The van der Waals surface area contributed by atoms with Crippen molar-refractivity contribution in [3.8, 4) is 11.5 Å². The molecule has 5 rings (SSSR count). The van der Waals surface area contributed by atoms with Crippen molar-refractivity contribution in [3.05, 3.63) is 23.3 Å². The van der Waals surface area contributed by atoms with E-state index in [1.807, 2.05) is 7.05 Å². The quantitative estimate of drug-likeness (QED) is 0.640. The number of rotatable bonds is 3. The van der Waals surface area contributed by atoms with Gasteiger partial charge in [0, 0.05) is 44.1 Å². The molecule has 1 N–H and O–H groups in total. The van der Waals surface area contributed by atoms with Crippen LogP contribution in [0.15, 0.2) is 17.1 Å². The average Bonchev–Trinajstić information content (AvgIpc) is 3.11. The summed E-state index contributed by atoms with van der Waals surface area (Å²) in [7, 11) is 5.29. The van der Waals surface area contributed by atoms with Gasteiger partial charge in [-0.05, 0) is 48.9 Å². The van der Waals surface area contributed by atoms with Crippen LogP contribution >= 0.6 is 0 Å². The molecule has 1 spiro atoms. The predicted octanol–water partition coefficient (Wildman–Crippen LogP) is 2.59. The lowest BCUT2D eigenvalue weighted by molar-refractivity contribution is -0.171. The number of hydrogen-bond donors (Lipinski definition) is 1. The fourth-order valence-electron chi connectivity index (χ4n) is 5.96. The van der Waals surface area contributed by atoms with Gasteiger partial charge in [-0.15, -0.1) is 0 Å². The maximum atomic E-state index is 6.08. The molecule has 28 heavy (non-hydrogen) atoms. The zero-order valence-corrected chi connectivity index (χ0v) is 17.2. The van der Waals surface area contributed by atoms with E-state index in [2.05, 4.69) is 27.3 Å². The highest BCUT2D eigenvalue weighted by Crippen LogP contribution is 2.62. The minimum atomic E-state index is 0.362. The summed E-state index contributed by atoms with van der Waals surface area (Å²) in [5.74, 6) is 3.29. The third kappa shape index (κ3) is 2.53. The fourth-order valence-corrected chi connectivity index (χ4v) is 5.96. The van der Waals surface area contributed by atoms with E-state index in [0.717, 1.165) is 43.6 Å². The third-order valence-corrected chi connectivity index (χ3v) is 7.55. The number of nitrogens with one attached hydrogen (secondary N) is 1. The predicted molar refractivity (Wildman–Crippen MR) is 108 cm³/mol. The summed E-state index contributed by atoms with van der Waals surface area (Å²) in [6.07, 6.45) is 6.58. The molecule has 2 aliphatic heterocycles. The Balaban J connectivity index is 1.33. The maximum absolute atomic E-state index is 6.08. The number of nitrogens with zero attached hydrogens (tertiary/aromatic N) is 2. The second-order valence-corrected chi connectivity index (χ2v) is 8.65. The monoisotopic (exact) mass is 385 g/mol. The molecule has 6 heteroatoms. The second kappa shape index (κ2) is 6.83. The zero-order valence-electron chi connectivity index (χ0n) is 17.2. The van der Waals surface area contributed by atoms with Crippen LogP contribution in [0.2, 0.25) is 0 Å². The lowest BCUT2D eigenvalue weighted by atomic mass is 9.46. The van der Waals surface area contributed by atoms with E-state index in [-0.39, 0.29) is 0 Å². The normalized spacial score (nSPS) is 30.2. The van der Waals surface area contributed by atoms with E-state index < -0.39 is 0 Å². The molecule has 0 aromatic heterocycles. The second-order valence-electron chi connectivity index (χ2n) is 8.65. The molecule has 1 aromatic carbocycles. The summed E-state index contributed by atoms with van der Waals surface area (Å²) >= 11 is 0. The first-order chi connectivity index (χ1) is 13.7. The van der Waals surface area contributed by atoms with Crippen LogP contribution in [0, 0.1) is 11.3 Å². The van der Waals surface area contributed by atoms with Crippen LogP contribution in [0.1, 0.15) is 36.8 Å². The van der Waals surface area contributed by atoms with Gasteiger partial charge in [0.2, 0.25) is 0 Å². The van der Waals surface area contributed by atoms with Gasteiger partial charge in [0.15, 0.2) is 17.5 Å². The molecule has 0 bridgehead atoms. The van der Waals surface area contributed by atoms with Gasteiger partial charge in [-0.25, -0.2) is 0 Å². The Morgan fingerprint density at radius 2 is 1.96 bits per heavy atom. The summed E-state index contributed by atoms with van der Waals surface area (Å²) in [5.41, 5.74) is 3.00. The highest BCUT2D eigenvalue weighted by atomic mass is 16.5. The molecule has 0 radical (unpaired) electrons. The summed E-state index contributed by atoms with van der Waals surface area (Å²) in [6.45, 7) is 2.73. The maximum Gasteiger partial charge on any atom is 0.194 e. The van der Waals surface area contributed by atoms with Crippen molar-refractivity contribution >= 4 is 5.96 Å². The number of guanidine groups is 1. The zero-order chi connectivity index (χ0) is 19.3. The molecule has 6 nitrogen and oxygen atoms in total.